The van der Waals surface area contributed by atoms with E-state index in [1.807, 2.05) is 24.3 Å². The van der Waals surface area contributed by atoms with Crippen molar-refractivity contribution in [2.24, 2.45) is 0 Å². The van der Waals surface area contributed by atoms with Crippen LogP contribution < -0.4 is 0 Å². The summed E-state index contributed by atoms with van der Waals surface area (Å²) in [6.07, 6.45) is 0. The normalized spacial score (nSPS) is 11.7. The van der Waals surface area contributed by atoms with Gasteiger partial charge in [0.05, 0.1) is 15.9 Å². The van der Waals surface area contributed by atoms with Gasteiger partial charge in [0.2, 0.25) is 0 Å². The average Bonchev–Trinajstić information content (AvgIpc) is 2.41. The molecule has 0 atom stereocenters. The quantitative estimate of drug-likeness (QED) is 0.530. The molecule has 0 N–H and O–H groups in total. The summed E-state index contributed by atoms with van der Waals surface area (Å²) < 4.78 is 6.09. The Bertz CT molecular complexity index is 653. The Morgan fingerprint density at radius 2 is 1.95 bits per heavy atom. The van der Waals surface area contributed by atoms with Gasteiger partial charge >= 0.3 is 0 Å². The van der Waals surface area contributed by atoms with Crippen LogP contribution >= 0.6 is 34.2 Å². The second-order valence-corrected chi connectivity index (χ2v) is 7.32. The molecule has 0 unspecified atom stereocenters. The van der Waals surface area contributed by atoms with Crippen LogP contribution in [0.15, 0.2) is 24.3 Å². The van der Waals surface area contributed by atoms with E-state index < -0.39 is 0 Å². The van der Waals surface area contributed by atoms with Gasteiger partial charge in [-0.05, 0) is 34.2 Å². The summed E-state index contributed by atoms with van der Waals surface area (Å²) in [4.78, 5) is 9.16. The molecule has 0 saturated carbocycles. The topological polar surface area (TPSA) is 35.0 Å². The van der Waals surface area contributed by atoms with Gasteiger partial charge in [-0.3, -0.25) is 0 Å². The number of hydrogen-bond acceptors (Lipinski definition) is 3. The van der Waals surface area contributed by atoms with Gasteiger partial charge in [0.1, 0.15) is 5.15 Å². The highest BCUT2D eigenvalue weighted by Gasteiger charge is 2.23. The highest BCUT2D eigenvalue weighted by Crippen LogP contribution is 2.31. The molecule has 0 aliphatic rings. The molecule has 0 fully saturated rings. The van der Waals surface area contributed by atoms with E-state index in [9.17, 15) is 0 Å². The van der Waals surface area contributed by atoms with Crippen molar-refractivity contribution in [1.29, 1.82) is 0 Å². The predicted molar refractivity (Wildman–Crippen MR) is 94.6 cm³/mol. The fraction of sp³-hybridized carbons (Fsp3) is 0.375. The van der Waals surface area contributed by atoms with Crippen molar-refractivity contribution >= 4 is 34.2 Å². The third kappa shape index (κ3) is 3.93. The summed E-state index contributed by atoms with van der Waals surface area (Å²) in [5, 5.41) is 0.502. The molecule has 1 aromatic heterocycles. The molecule has 0 amide bonds. The van der Waals surface area contributed by atoms with E-state index in [4.69, 9.17) is 21.3 Å². The number of nitrogens with zero attached hydrogens (tertiary/aromatic N) is 2. The van der Waals surface area contributed by atoms with Gasteiger partial charge in [-0.25, -0.2) is 9.97 Å². The van der Waals surface area contributed by atoms with E-state index in [-0.39, 0.29) is 5.41 Å². The van der Waals surface area contributed by atoms with E-state index >= 15 is 0 Å². The summed E-state index contributed by atoms with van der Waals surface area (Å²) in [6.45, 7) is 6.94. The summed E-state index contributed by atoms with van der Waals surface area (Å²) in [5.74, 6) is 0.656. The zero-order chi connectivity index (χ0) is 15.6. The van der Waals surface area contributed by atoms with Gasteiger partial charge in [-0.15, -0.1) is 0 Å². The second kappa shape index (κ2) is 6.58. The fourth-order valence-electron chi connectivity index (χ4n) is 2.01. The minimum Gasteiger partial charge on any atom is -0.380 e. The van der Waals surface area contributed by atoms with E-state index in [1.54, 1.807) is 7.11 Å². The summed E-state index contributed by atoms with van der Waals surface area (Å²) >= 11 is 8.50. The molecule has 5 heteroatoms. The van der Waals surface area contributed by atoms with Gasteiger partial charge in [-0.1, -0.05) is 50.6 Å². The Labute approximate surface area is 144 Å². The van der Waals surface area contributed by atoms with Crippen LogP contribution in [0.3, 0.4) is 0 Å². The van der Waals surface area contributed by atoms with Crippen LogP contribution in [0.2, 0.25) is 5.15 Å². The Morgan fingerprint density at radius 1 is 1.24 bits per heavy atom. The lowest BCUT2D eigenvalue weighted by molar-refractivity contribution is 0.185. The molecule has 2 aromatic rings. The summed E-state index contributed by atoms with van der Waals surface area (Å²) in [6, 6.07) is 8.03. The Balaban J connectivity index is 2.54. The third-order valence-electron chi connectivity index (χ3n) is 3.02. The number of aromatic nitrogens is 2. The van der Waals surface area contributed by atoms with Crippen LogP contribution in [0, 0.1) is 3.57 Å². The van der Waals surface area contributed by atoms with Crippen LogP contribution in [0.1, 0.15) is 32.0 Å². The molecule has 3 nitrogen and oxygen atoms in total. The maximum atomic E-state index is 6.29. The van der Waals surface area contributed by atoms with E-state index in [0.29, 0.717) is 17.6 Å². The minimum absolute atomic E-state index is 0.0814. The molecular formula is C16H18ClIN2O. The zero-order valence-corrected chi connectivity index (χ0v) is 15.5. The third-order valence-corrected chi connectivity index (χ3v) is 4.63. The lowest BCUT2D eigenvalue weighted by atomic mass is 9.92. The Kier molecular flexibility index (Phi) is 5.22. The van der Waals surface area contributed by atoms with Crippen molar-refractivity contribution in [1.82, 2.24) is 9.97 Å². The molecule has 0 spiro atoms. The van der Waals surface area contributed by atoms with Crippen LogP contribution in [0.5, 0.6) is 0 Å². The van der Waals surface area contributed by atoms with E-state index in [1.165, 1.54) is 0 Å². The van der Waals surface area contributed by atoms with Gasteiger partial charge in [-0.2, -0.15) is 0 Å². The monoisotopic (exact) mass is 416 g/mol. The largest absolute Gasteiger partial charge is 0.380 e. The first kappa shape index (κ1) is 16.6. The lowest BCUT2D eigenvalue weighted by Crippen LogP contribution is -2.17. The predicted octanol–water partition coefficient (Wildman–Crippen LogP) is 4.85. The van der Waals surface area contributed by atoms with Crippen LogP contribution in [-0.4, -0.2) is 17.1 Å². The van der Waals surface area contributed by atoms with Gasteiger partial charge in [0.25, 0.3) is 0 Å². The van der Waals surface area contributed by atoms with Gasteiger partial charge in [0, 0.05) is 18.1 Å². The van der Waals surface area contributed by atoms with Gasteiger partial charge < -0.3 is 4.74 Å². The SMILES string of the molecule is COCc1cccc(-c2nc(Cl)c(I)c(C(C)(C)C)n2)c1. The molecule has 2 rings (SSSR count). The number of halogens is 2. The molecule has 1 aromatic carbocycles. The molecule has 0 aliphatic carbocycles. The standard InChI is InChI=1S/C16H18ClIN2O/c1-16(2,3)13-12(18)14(17)20-15(19-13)11-7-5-6-10(8-11)9-21-4/h5-8H,9H2,1-4H3. The number of hydrogen-bond donors (Lipinski definition) is 0. The molecule has 0 aliphatic heterocycles. The smallest absolute Gasteiger partial charge is 0.161 e. The second-order valence-electron chi connectivity index (χ2n) is 5.88. The van der Waals surface area contributed by atoms with E-state index in [2.05, 4.69) is 48.3 Å². The average molecular weight is 417 g/mol. The molecule has 21 heavy (non-hydrogen) atoms. The van der Waals surface area contributed by atoms with Crippen molar-refractivity contribution in [2.75, 3.05) is 7.11 Å². The van der Waals surface area contributed by atoms with Crippen molar-refractivity contribution in [3.8, 4) is 11.4 Å². The van der Waals surface area contributed by atoms with Gasteiger partial charge in [0.15, 0.2) is 5.82 Å². The Hall–Kier alpha value is -0.720. The first-order valence-corrected chi connectivity index (χ1v) is 8.10. The van der Waals surface area contributed by atoms with Crippen LogP contribution in [0.4, 0.5) is 0 Å². The van der Waals surface area contributed by atoms with Crippen LogP contribution in [-0.2, 0) is 16.8 Å². The van der Waals surface area contributed by atoms with Crippen molar-refractivity contribution in [2.45, 2.75) is 32.8 Å². The Morgan fingerprint density at radius 3 is 2.57 bits per heavy atom. The number of methoxy groups -OCH3 is 1. The van der Waals surface area contributed by atoms with Crippen molar-refractivity contribution in [3.05, 3.63) is 44.2 Å². The molecular weight excluding hydrogens is 399 g/mol. The number of benzene rings is 1. The van der Waals surface area contributed by atoms with Crippen LogP contribution in [0.25, 0.3) is 11.4 Å². The maximum Gasteiger partial charge on any atom is 0.161 e. The molecule has 0 saturated heterocycles. The van der Waals surface area contributed by atoms with Crippen molar-refractivity contribution in [3.63, 3.8) is 0 Å². The number of ether oxygens (including phenoxy) is 1. The zero-order valence-electron chi connectivity index (χ0n) is 12.6. The number of rotatable bonds is 3. The first-order valence-electron chi connectivity index (χ1n) is 6.64. The molecule has 0 radical (unpaired) electrons. The maximum absolute atomic E-state index is 6.29. The summed E-state index contributed by atoms with van der Waals surface area (Å²) in [7, 11) is 1.68. The first-order chi connectivity index (χ1) is 9.82. The highest BCUT2D eigenvalue weighted by molar-refractivity contribution is 14.1. The van der Waals surface area contributed by atoms with Crippen molar-refractivity contribution < 1.29 is 4.74 Å². The lowest BCUT2D eigenvalue weighted by Gasteiger charge is -2.20. The molecule has 112 valence electrons. The fourth-order valence-corrected chi connectivity index (χ4v) is 3.23. The minimum atomic E-state index is -0.0814. The van der Waals surface area contributed by atoms with E-state index in [0.717, 1.165) is 20.4 Å². The molecule has 0 bridgehead atoms. The molecule has 1 heterocycles. The highest BCUT2D eigenvalue weighted by atomic mass is 127. The summed E-state index contributed by atoms with van der Waals surface area (Å²) in [5.41, 5.74) is 2.93.